The van der Waals surface area contributed by atoms with Crippen molar-refractivity contribution in [3.8, 4) is 0 Å². The number of ether oxygens (including phenoxy) is 1. The smallest absolute Gasteiger partial charge is 0.407 e. The van der Waals surface area contributed by atoms with Crippen LogP contribution >= 0.6 is 11.8 Å². The monoisotopic (exact) mass is 326 g/mol. The Labute approximate surface area is 136 Å². The summed E-state index contributed by atoms with van der Waals surface area (Å²) in [5.74, 6) is 0.893. The van der Waals surface area contributed by atoms with Crippen molar-refractivity contribution >= 4 is 23.8 Å². The van der Waals surface area contributed by atoms with E-state index in [9.17, 15) is 4.79 Å². The first-order valence-electron chi connectivity index (χ1n) is 7.40. The number of thioether (sulfide) groups is 1. The van der Waals surface area contributed by atoms with Crippen LogP contribution in [-0.2, 0) is 4.74 Å². The van der Waals surface area contributed by atoms with E-state index in [1.165, 1.54) is 0 Å². The summed E-state index contributed by atoms with van der Waals surface area (Å²) in [6, 6.07) is 0. The molecule has 22 heavy (non-hydrogen) atoms. The number of carbonyl (C=O) groups excluding carboxylic acids is 1. The number of hydrogen-bond donors (Lipinski definition) is 2. The minimum atomic E-state index is -0.475. The van der Waals surface area contributed by atoms with Gasteiger partial charge < -0.3 is 15.4 Å². The molecule has 1 amide bonds. The third-order valence-corrected chi connectivity index (χ3v) is 3.61. The van der Waals surface area contributed by atoms with E-state index in [1.807, 2.05) is 27.0 Å². The number of nitrogens with one attached hydrogen (secondary N) is 2. The van der Waals surface area contributed by atoms with E-state index < -0.39 is 5.60 Å². The summed E-state index contributed by atoms with van der Waals surface area (Å²) in [6.07, 6.45) is 6.12. The van der Waals surface area contributed by atoms with Gasteiger partial charge in [-0.15, -0.1) is 11.8 Å². The fourth-order valence-corrected chi connectivity index (χ4v) is 1.97. The molecule has 0 aromatic carbocycles. The van der Waals surface area contributed by atoms with Crippen molar-refractivity contribution in [2.75, 3.05) is 24.7 Å². The molecule has 6 nitrogen and oxygen atoms in total. The van der Waals surface area contributed by atoms with Gasteiger partial charge in [0.1, 0.15) is 5.60 Å². The minimum absolute atomic E-state index is 0.288. The Kier molecular flexibility index (Phi) is 7.44. The lowest BCUT2D eigenvalue weighted by Gasteiger charge is -2.21. The molecule has 0 aliphatic rings. The molecule has 7 heteroatoms. The summed E-state index contributed by atoms with van der Waals surface area (Å²) in [4.78, 5) is 21.2. The Bertz CT molecular complexity index is 460. The van der Waals surface area contributed by atoms with Crippen LogP contribution in [0.5, 0.6) is 0 Å². The van der Waals surface area contributed by atoms with Crippen molar-refractivity contribution in [2.45, 2.75) is 44.6 Å². The Morgan fingerprint density at radius 3 is 2.45 bits per heavy atom. The zero-order chi connectivity index (χ0) is 16.6. The van der Waals surface area contributed by atoms with Gasteiger partial charge in [0.15, 0.2) is 0 Å². The SMILES string of the molecule is CC[C@H](CNC(=O)OC(C)(C)C)CNc1ncc(SC)cn1. The molecule has 0 bridgehead atoms. The molecule has 0 spiro atoms. The van der Waals surface area contributed by atoms with Gasteiger partial charge in [0.2, 0.25) is 5.95 Å². The molecule has 0 radical (unpaired) electrons. The molecule has 1 rings (SSSR count). The molecule has 0 saturated heterocycles. The minimum Gasteiger partial charge on any atom is -0.444 e. The third kappa shape index (κ3) is 7.49. The van der Waals surface area contributed by atoms with Crippen molar-refractivity contribution in [1.29, 1.82) is 0 Å². The lowest BCUT2D eigenvalue weighted by molar-refractivity contribution is 0.0520. The molecule has 1 atom stereocenters. The highest BCUT2D eigenvalue weighted by Crippen LogP contribution is 2.12. The number of anilines is 1. The second-order valence-electron chi connectivity index (χ2n) is 5.98. The molecule has 124 valence electrons. The number of rotatable bonds is 7. The Balaban J connectivity index is 2.36. The summed E-state index contributed by atoms with van der Waals surface area (Å²) < 4.78 is 5.22. The van der Waals surface area contributed by atoms with Gasteiger partial charge in [0.25, 0.3) is 0 Å². The first kappa shape index (κ1) is 18.5. The average Bonchev–Trinajstić information content (AvgIpc) is 2.46. The highest BCUT2D eigenvalue weighted by atomic mass is 32.2. The van der Waals surface area contributed by atoms with Gasteiger partial charge in [-0.05, 0) is 39.4 Å². The topological polar surface area (TPSA) is 76.1 Å². The molecule has 1 aromatic rings. The standard InChI is InChI=1S/C15H26N4O2S/c1-6-11(8-19-14(20)21-15(2,3)4)7-16-13-17-9-12(22-5)10-18-13/h9-11H,6-8H2,1-5H3,(H,19,20)(H,16,17,18)/t11-/m0/s1. The van der Waals surface area contributed by atoms with Crippen molar-refractivity contribution in [1.82, 2.24) is 15.3 Å². The predicted molar refractivity (Wildman–Crippen MR) is 90.3 cm³/mol. The van der Waals surface area contributed by atoms with E-state index in [1.54, 1.807) is 24.2 Å². The van der Waals surface area contributed by atoms with Crippen LogP contribution in [-0.4, -0.2) is 41.0 Å². The Hall–Kier alpha value is -1.50. The van der Waals surface area contributed by atoms with Gasteiger partial charge in [0.05, 0.1) is 0 Å². The molecular formula is C15H26N4O2S. The molecule has 0 saturated carbocycles. The van der Waals surface area contributed by atoms with E-state index in [4.69, 9.17) is 4.74 Å². The molecular weight excluding hydrogens is 300 g/mol. The molecule has 0 aliphatic heterocycles. The second kappa shape index (κ2) is 8.82. The van der Waals surface area contributed by atoms with Crippen LogP contribution in [0.25, 0.3) is 0 Å². The van der Waals surface area contributed by atoms with Crippen LogP contribution in [0.2, 0.25) is 0 Å². The molecule has 1 heterocycles. The summed E-state index contributed by atoms with van der Waals surface area (Å²) in [5.41, 5.74) is -0.475. The highest BCUT2D eigenvalue weighted by Gasteiger charge is 2.17. The van der Waals surface area contributed by atoms with Crippen molar-refractivity contribution in [3.05, 3.63) is 12.4 Å². The molecule has 1 aromatic heterocycles. The normalized spacial score (nSPS) is 12.6. The number of amides is 1. The fourth-order valence-electron chi connectivity index (χ4n) is 1.65. The number of carbonyl (C=O) groups is 1. The summed E-state index contributed by atoms with van der Waals surface area (Å²) >= 11 is 1.61. The quantitative estimate of drug-likeness (QED) is 0.750. The third-order valence-electron chi connectivity index (χ3n) is 2.92. The number of alkyl carbamates (subject to hydrolysis) is 1. The fraction of sp³-hybridized carbons (Fsp3) is 0.667. The van der Waals surface area contributed by atoms with E-state index >= 15 is 0 Å². The van der Waals surface area contributed by atoms with Gasteiger partial charge in [-0.25, -0.2) is 14.8 Å². The van der Waals surface area contributed by atoms with Crippen LogP contribution < -0.4 is 10.6 Å². The predicted octanol–water partition coefficient (Wildman–Crippen LogP) is 3.16. The first-order chi connectivity index (χ1) is 10.3. The van der Waals surface area contributed by atoms with Gasteiger partial charge in [-0.1, -0.05) is 6.92 Å². The lowest BCUT2D eigenvalue weighted by Crippen LogP contribution is -2.36. The molecule has 0 fully saturated rings. The Morgan fingerprint density at radius 2 is 1.95 bits per heavy atom. The zero-order valence-electron chi connectivity index (χ0n) is 14.0. The van der Waals surface area contributed by atoms with Crippen LogP contribution in [0.3, 0.4) is 0 Å². The van der Waals surface area contributed by atoms with Crippen LogP contribution in [0.15, 0.2) is 17.3 Å². The highest BCUT2D eigenvalue weighted by molar-refractivity contribution is 7.98. The van der Waals surface area contributed by atoms with Crippen molar-refractivity contribution in [2.24, 2.45) is 5.92 Å². The van der Waals surface area contributed by atoms with E-state index in [2.05, 4.69) is 27.5 Å². The van der Waals surface area contributed by atoms with Gasteiger partial charge in [0, 0.05) is 30.4 Å². The summed E-state index contributed by atoms with van der Waals surface area (Å²) in [6.45, 7) is 8.89. The molecule has 2 N–H and O–H groups in total. The van der Waals surface area contributed by atoms with Crippen LogP contribution in [0, 0.1) is 5.92 Å². The van der Waals surface area contributed by atoms with Gasteiger partial charge >= 0.3 is 6.09 Å². The second-order valence-corrected chi connectivity index (χ2v) is 6.86. The van der Waals surface area contributed by atoms with Crippen LogP contribution in [0.4, 0.5) is 10.7 Å². The van der Waals surface area contributed by atoms with Crippen molar-refractivity contribution < 1.29 is 9.53 Å². The maximum atomic E-state index is 11.6. The van der Waals surface area contributed by atoms with E-state index in [-0.39, 0.29) is 12.0 Å². The van der Waals surface area contributed by atoms with Gasteiger partial charge in [-0.3, -0.25) is 0 Å². The van der Waals surface area contributed by atoms with E-state index in [0.717, 1.165) is 11.3 Å². The lowest BCUT2D eigenvalue weighted by atomic mass is 10.1. The number of nitrogens with zero attached hydrogens (tertiary/aromatic N) is 2. The number of hydrogen-bond acceptors (Lipinski definition) is 6. The van der Waals surface area contributed by atoms with Gasteiger partial charge in [-0.2, -0.15) is 0 Å². The first-order valence-corrected chi connectivity index (χ1v) is 8.63. The van der Waals surface area contributed by atoms with Crippen molar-refractivity contribution in [3.63, 3.8) is 0 Å². The largest absolute Gasteiger partial charge is 0.444 e. The Morgan fingerprint density at radius 1 is 1.32 bits per heavy atom. The average molecular weight is 326 g/mol. The van der Waals surface area contributed by atoms with Crippen LogP contribution in [0.1, 0.15) is 34.1 Å². The zero-order valence-corrected chi connectivity index (χ0v) is 14.8. The summed E-state index contributed by atoms with van der Waals surface area (Å²) in [7, 11) is 0. The molecule has 0 aliphatic carbocycles. The molecule has 0 unspecified atom stereocenters. The maximum absolute atomic E-state index is 11.6. The summed E-state index contributed by atoms with van der Waals surface area (Å²) in [5, 5.41) is 5.99. The number of aromatic nitrogens is 2. The maximum Gasteiger partial charge on any atom is 0.407 e. The van der Waals surface area contributed by atoms with E-state index in [0.29, 0.717) is 19.0 Å².